The first-order valence-electron chi connectivity index (χ1n) is 11.0. The molecule has 32 heavy (non-hydrogen) atoms. The molecule has 0 radical (unpaired) electrons. The van der Waals surface area contributed by atoms with E-state index in [1.54, 1.807) is 0 Å². The van der Waals surface area contributed by atoms with Crippen LogP contribution in [0.3, 0.4) is 0 Å². The highest BCUT2D eigenvalue weighted by Crippen LogP contribution is 2.29. The van der Waals surface area contributed by atoms with E-state index in [0.29, 0.717) is 19.8 Å². The zero-order valence-corrected chi connectivity index (χ0v) is 18.2. The smallest absolute Gasteiger partial charge is 0.184 e. The number of rotatable bonds is 9. The van der Waals surface area contributed by atoms with Gasteiger partial charge < -0.3 is 24.1 Å². The van der Waals surface area contributed by atoms with Crippen molar-refractivity contribution in [2.45, 2.75) is 57.5 Å². The molecule has 0 saturated carbocycles. The first kappa shape index (κ1) is 22.6. The fraction of sp³-hybridized carbons (Fsp3) is 0.333. The Morgan fingerprint density at radius 1 is 0.594 bits per heavy atom. The summed E-state index contributed by atoms with van der Waals surface area (Å²) in [6, 6.07) is 29.8. The van der Waals surface area contributed by atoms with Gasteiger partial charge in [0.1, 0.15) is 18.3 Å². The molecular formula is C27H30O5. The van der Waals surface area contributed by atoms with Crippen molar-refractivity contribution >= 4 is 0 Å². The van der Waals surface area contributed by atoms with Gasteiger partial charge in [0.25, 0.3) is 0 Å². The van der Waals surface area contributed by atoms with Gasteiger partial charge in [-0.1, -0.05) is 91.0 Å². The summed E-state index contributed by atoms with van der Waals surface area (Å²) in [7, 11) is 0. The van der Waals surface area contributed by atoms with Gasteiger partial charge in [-0.3, -0.25) is 0 Å². The van der Waals surface area contributed by atoms with E-state index >= 15 is 0 Å². The van der Waals surface area contributed by atoms with Gasteiger partial charge in [-0.25, -0.2) is 0 Å². The Hall–Kier alpha value is -2.54. The summed E-state index contributed by atoms with van der Waals surface area (Å²) in [5.74, 6) is 0. The lowest BCUT2D eigenvalue weighted by molar-refractivity contribution is -0.308. The van der Waals surface area contributed by atoms with Gasteiger partial charge in [-0.15, -0.1) is 0 Å². The van der Waals surface area contributed by atoms with E-state index in [2.05, 4.69) is 0 Å². The zero-order valence-electron chi connectivity index (χ0n) is 18.2. The summed E-state index contributed by atoms with van der Waals surface area (Å²) in [6.45, 7) is 3.05. The van der Waals surface area contributed by atoms with Crippen LogP contribution in [0, 0.1) is 0 Å². The van der Waals surface area contributed by atoms with Gasteiger partial charge in [0.05, 0.1) is 25.9 Å². The highest BCUT2D eigenvalue weighted by Gasteiger charge is 2.46. The lowest BCUT2D eigenvalue weighted by Gasteiger charge is -2.43. The Bertz CT molecular complexity index is 863. The summed E-state index contributed by atoms with van der Waals surface area (Å²) >= 11 is 0. The van der Waals surface area contributed by atoms with Crippen molar-refractivity contribution in [3.05, 3.63) is 108 Å². The maximum absolute atomic E-state index is 10.7. The second kappa shape index (κ2) is 11.4. The number of hydrogen-bond acceptors (Lipinski definition) is 5. The van der Waals surface area contributed by atoms with Crippen LogP contribution in [0.5, 0.6) is 0 Å². The minimum atomic E-state index is -1.11. The summed E-state index contributed by atoms with van der Waals surface area (Å²) in [6.07, 6.45) is -3.04. The number of hydrogen-bond donors (Lipinski definition) is 1. The van der Waals surface area contributed by atoms with E-state index in [-0.39, 0.29) is 6.10 Å². The molecule has 0 amide bonds. The Balaban J connectivity index is 1.50. The molecular weight excluding hydrogens is 404 g/mol. The van der Waals surface area contributed by atoms with E-state index in [4.69, 9.17) is 18.9 Å². The van der Waals surface area contributed by atoms with E-state index < -0.39 is 24.6 Å². The molecule has 5 nitrogen and oxygen atoms in total. The van der Waals surface area contributed by atoms with Crippen molar-refractivity contribution < 1.29 is 24.1 Å². The number of ether oxygens (including phenoxy) is 4. The minimum absolute atomic E-state index is 0.344. The van der Waals surface area contributed by atoms with Crippen molar-refractivity contribution in [3.63, 3.8) is 0 Å². The van der Waals surface area contributed by atoms with Crippen LogP contribution in [-0.4, -0.2) is 35.8 Å². The highest BCUT2D eigenvalue weighted by atomic mass is 16.7. The molecule has 0 bridgehead atoms. The molecule has 1 fully saturated rings. The third-order valence-electron chi connectivity index (χ3n) is 5.60. The Morgan fingerprint density at radius 3 is 1.41 bits per heavy atom. The van der Waals surface area contributed by atoms with E-state index in [1.165, 1.54) is 0 Å². The predicted octanol–water partition coefficient (Wildman–Crippen LogP) is 4.48. The lowest BCUT2D eigenvalue weighted by Crippen LogP contribution is -2.59. The van der Waals surface area contributed by atoms with Crippen molar-refractivity contribution in [1.29, 1.82) is 0 Å². The number of benzene rings is 3. The highest BCUT2D eigenvalue weighted by molar-refractivity contribution is 5.15. The fourth-order valence-corrected chi connectivity index (χ4v) is 3.89. The Labute approximate surface area is 189 Å². The van der Waals surface area contributed by atoms with Crippen molar-refractivity contribution in [3.8, 4) is 0 Å². The molecule has 3 aromatic carbocycles. The Kier molecular flexibility index (Phi) is 8.04. The van der Waals surface area contributed by atoms with Gasteiger partial charge in [0, 0.05) is 0 Å². The lowest BCUT2D eigenvalue weighted by atomic mass is 9.98. The van der Waals surface area contributed by atoms with Crippen LogP contribution < -0.4 is 0 Å². The maximum Gasteiger partial charge on any atom is 0.184 e. The SMILES string of the molecule is CC1O[C@@H](O)C(OCc2ccccc2)C(OCc2ccccc2)[C@H]1OCc1ccccc1. The molecule has 4 rings (SSSR count). The summed E-state index contributed by atoms with van der Waals surface area (Å²) in [5, 5.41) is 10.7. The molecule has 1 aliphatic rings. The average Bonchev–Trinajstić information content (AvgIpc) is 2.83. The molecule has 1 N–H and O–H groups in total. The summed E-state index contributed by atoms with van der Waals surface area (Å²) in [5.41, 5.74) is 3.13. The van der Waals surface area contributed by atoms with Crippen molar-refractivity contribution in [2.75, 3.05) is 0 Å². The standard InChI is InChI=1S/C27H30O5/c1-20-24(29-17-21-11-5-2-6-12-21)25(30-18-22-13-7-3-8-14-22)26(27(28)32-20)31-19-23-15-9-4-10-16-23/h2-16,20,24-28H,17-19H2,1H3/t20?,24-,25?,26?,27+/m0/s1. The normalized spacial score (nSPS) is 25.5. The number of aliphatic hydroxyl groups excluding tert-OH is 1. The van der Waals surface area contributed by atoms with Crippen LogP contribution in [0.4, 0.5) is 0 Å². The maximum atomic E-state index is 10.7. The van der Waals surface area contributed by atoms with Gasteiger partial charge in [-0.05, 0) is 23.6 Å². The third-order valence-corrected chi connectivity index (χ3v) is 5.60. The van der Waals surface area contributed by atoms with Gasteiger partial charge in [0.2, 0.25) is 0 Å². The number of aliphatic hydroxyl groups is 1. The molecule has 168 valence electrons. The Morgan fingerprint density at radius 2 is 0.969 bits per heavy atom. The van der Waals surface area contributed by atoms with Crippen LogP contribution in [0.25, 0.3) is 0 Å². The topological polar surface area (TPSA) is 57.2 Å². The molecule has 5 atom stereocenters. The van der Waals surface area contributed by atoms with Crippen LogP contribution in [0.1, 0.15) is 23.6 Å². The van der Waals surface area contributed by atoms with E-state index in [9.17, 15) is 5.11 Å². The molecule has 1 saturated heterocycles. The molecule has 1 heterocycles. The van der Waals surface area contributed by atoms with Crippen molar-refractivity contribution in [1.82, 2.24) is 0 Å². The molecule has 0 aromatic heterocycles. The minimum Gasteiger partial charge on any atom is -0.368 e. The third kappa shape index (κ3) is 6.03. The van der Waals surface area contributed by atoms with Crippen LogP contribution in [0.15, 0.2) is 91.0 Å². The molecule has 5 heteroatoms. The summed E-state index contributed by atoms with van der Waals surface area (Å²) in [4.78, 5) is 0. The van der Waals surface area contributed by atoms with Crippen molar-refractivity contribution in [2.24, 2.45) is 0 Å². The largest absolute Gasteiger partial charge is 0.368 e. The second-order valence-corrected chi connectivity index (χ2v) is 8.02. The van der Waals surface area contributed by atoms with E-state index in [1.807, 2.05) is 97.9 Å². The predicted molar refractivity (Wildman–Crippen MR) is 122 cm³/mol. The molecule has 3 unspecified atom stereocenters. The van der Waals surface area contributed by atoms with Crippen LogP contribution in [-0.2, 0) is 38.8 Å². The second-order valence-electron chi connectivity index (χ2n) is 8.02. The first-order chi connectivity index (χ1) is 15.7. The van der Waals surface area contributed by atoms with Crippen LogP contribution >= 0.6 is 0 Å². The quantitative estimate of drug-likeness (QED) is 0.538. The molecule has 3 aromatic rings. The zero-order chi connectivity index (χ0) is 22.2. The van der Waals surface area contributed by atoms with E-state index in [0.717, 1.165) is 16.7 Å². The molecule has 0 aliphatic carbocycles. The summed E-state index contributed by atoms with van der Waals surface area (Å²) < 4.78 is 24.5. The van der Waals surface area contributed by atoms with Gasteiger partial charge in [0.15, 0.2) is 6.29 Å². The molecule has 1 aliphatic heterocycles. The monoisotopic (exact) mass is 434 g/mol. The average molecular weight is 435 g/mol. The molecule has 0 spiro atoms. The van der Waals surface area contributed by atoms with Crippen LogP contribution in [0.2, 0.25) is 0 Å². The first-order valence-corrected chi connectivity index (χ1v) is 11.0. The van der Waals surface area contributed by atoms with Gasteiger partial charge >= 0.3 is 0 Å². The van der Waals surface area contributed by atoms with Gasteiger partial charge in [-0.2, -0.15) is 0 Å². The fourth-order valence-electron chi connectivity index (χ4n) is 3.89.